The maximum absolute atomic E-state index is 12.3. The quantitative estimate of drug-likeness (QED) is 0.801. The molecule has 0 bridgehead atoms. The van der Waals surface area contributed by atoms with Crippen molar-refractivity contribution in [3.8, 4) is 16.8 Å². The fourth-order valence-electron chi connectivity index (χ4n) is 2.27. The molecule has 6 nitrogen and oxygen atoms in total. The second-order valence-corrected chi connectivity index (χ2v) is 5.11. The molecule has 0 fully saturated rings. The lowest BCUT2D eigenvalue weighted by Crippen LogP contribution is -2.24. The van der Waals surface area contributed by atoms with Crippen molar-refractivity contribution in [3.63, 3.8) is 0 Å². The van der Waals surface area contributed by atoms with Gasteiger partial charge in [0.15, 0.2) is 0 Å². The smallest absolute Gasteiger partial charge is 0.332 e. The molecule has 1 aromatic carbocycles. The summed E-state index contributed by atoms with van der Waals surface area (Å²) in [5.41, 5.74) is 8.01. The topological polar surface area (TPSA) is 79.0 Å². The van der Waals surface area contributed by atoms with Gasteiger partial charge in [-0.1, -0.05) is 17.3 Å². The highest BCUT2D eigenvalue weighted by atomic mass is 16.5. The number of benzene rings is 1. The Morgan fingerprint density at radius 1 is 1.29 bits per heavy atom. The summed E-state index contributed by atoms with van der Waals surface area (Å²) < 4.78 is 8.16. The predicted octanol–water partition coefficient (Wildman–Crippen LogP) is 2.46. The largest absolute Gasteiger partial charge is 0.367 e. The van der Waals surface area contributed by atoms with Gasteiger partial charge >= 0.3 is 5.69 Å². The van der Waals surface area contributed by atoms with Gasteiger partial charge in [-0.15, -0.1) is 0 Å². The molecule has 0 amide bonds. The molecule has 21 heavy (non-hydrogen) atoms. The van der Waals surface area contributed by atoms with E-state index in [0.717, 1.165) is 11.3 Å². The Labute approximate surface area is 121 Å². The van der Waals surface area contributed by atoms with E-state index in [2.05, 4.69) is 5.16 Å². The van der Waals surface area contributed by atoms with Crippen molar-refractivity contribution in [2.75, 3.05) is 5.73 Å². The predicted molar refractivity (Wildman–Crippen MR) is 80.3 cm³/mol. The Bertz CT molecular complexity index is 826. The Kier molecular flexibility index (Phi) is 3.13. The SMILES string of the molecule is CC(C)n1ccn(-c2cccc(-c3cnoc3N)c2)c1=O. The number of nitrogens with zero attached hydrogens (tertiary/aromatic N) is 3. The van der Waals surface area contributed by atoms with Crippen molar-refractivity contribution in [1.29, 1.82) is 0 Å². The minimum Gasteiger partial charge on any atom is -0.367 e. The standard InChI is InChI=1S/C15H16N4O2/c1-10(2)18-6-7-19(15(18)20)12-5-3-4-11(8-12)13-9-17-21-14(13)16/h3-10H,16H2,1-2H3. The van der Waals surface area contributed by atoms with E-state index in [9.17, 15) is 4.79 Å². The van der Waals surface area contributed by atoms with Crippen molar-refractivity contribution in [2.24, 2.45) is 0 Å². The Hall–Kier alpha value is -2.76. The van der Waals surface area contributed by atoms with Crippen LogP contribution in [0.2, 0.25) is 0 Å². The molecule has 2 heterocycles. The molecule has 2 N–H and O–H groups in total. The van der Waals surface area contributed by atoms with E-state index in [4.69, 9.17) is 10.3 Å². The fraction of sp³-hybridized carbons (Fsp3) is 0.200. The molecule has 6 heteroatoms. The summed E-state index contributed by atoms with van der Waals surface area (Å²) in [5, 5.41) is 3.67. The van der Waals surface area contributed by atoms with Crippen LogP contribution in [-0.2, 0) is 0 Å². The number of hydrogen-bond acceptors (Lipinski definition) is 4. The van der Waals surface area contributed by atoms with E-state index in [1.54, 1.807) is 27.7 Å². The van der Waals surface area contributed by atoms with Crippen LogP contribution in [0.1, 0.15) is 19.9 Å². The molecule has 0 radical (unpaired) electrons. The van der Waals surface area contributed by atoms with Crippen molar-refractivity contribution in [1.82, 2.24) is 14.3 Å². The lowest BCUT2D eigenvalue weighted by molar-refractivity contribution is 0.436. The minimum atomic E-state index is -0.0690. The zero-order chi connectivity index (χ0) is 15.0. The molecule has 3 aromatic rings. The Morgan fingerprint density at radius 2 is 2.10 bits per heavy atom. The normalized spacial score (nSPS) is 11.2. The van der Waals surface area contributed by atoms with Crippen LogP contribution in [-0.4, -0.2) is 14.3 Å². The summed E-state index contributed by atoms with van der Waals surface area (Å²) in [7, 11) is 0. The van der Waals surface area contributed by atoms with Crippen molar-refractivity contribution in [2.45, 2.75) is 19.9 Å². The van der Waals surface area contributed by atoms with E-state index >= 15 is 0 Å². The molecular formula is C15H16N4O2. The first-order chi connectivity index (χ1) is 10.1. The van der Waals surface area contributed by atoms with Gasteiger partial charge in [-0.3, -0.25) is 9.13 Å². The average Bonchev–Trinajstić information content (AvgIpc) is 3.05. The Balaban J connectivity index is 2.09. The zero-order valence-electron chi connectivity index (χ0n) is 11.9. The van der Waals surface area contributed by atoms with Gasteiger partial charge in [-0.2, -0.15) is 0 Å². The molecule has 0 saturated carbocycles. The highest BCUT2D eigenvalue weighted by Crippen LogP contribution is 2.26. The summed E-state index contributed by atoms with van der Waals surface area (Å²) in [6.07, 6.45) is 5.11. The molecule has 2 aromatic heterocycles. The molecule has 0 atom stereocenters. The van der Waals surface area contributed by atoms with Crippen LogP contribution in [0.25, 0.3) is 16.8 Å². The van der Waals surface area contributed by atoms with Crippen LogP contribution in [0.15, 0.2) is 52.2 Å². The van der Waals surface area contributed by atoms with E-state index in [0.29, 0.717) is 5.56 Å². The molecule has 0 aliphatic rings. The number of nitrogens with two attached hydrogens (primary N) is 1. The number of anilines is 1. The highest BCUT2D eigenvalue weighted by Gasteiger charge is 2.11. The zero-order valence-corrected chi connectivity index (χ0v) is 11.9. The monoisotopic (exact) mass is 284 g/mol. The highest BCUT2D eigenvalue weighted by molar-refractivity contribution is 5.73. The van der Waals surface area contributed by atoms with E-state index < -0.39 is 0 Å². The third-order valence-corrected chi connectivity index (χ3v) is 3.39. The molecular weight excluding hydrogens is 268 g/mol. The minimum absolute atomic E-state index is 0.0690. The van der Waals surface area contributed by atoms with Crippen LogP contribution in [0.3, 0.4) is 0 Å². The van der Waals surface area contributed by atoms with Gasteiger partial charge in [-0.25, -0.2) is 4.79 Å². The molecule has 0 saturated heterocycles. The second kappa shape index (κ2) is 4.97. The number of imidazole rings is 1. The fourth-order valence-corrected chi connectivity index (χ4v) is 2.27. The van der Waals surface area contributed by atoms with Gasteiger partial charge < -0.3 is 10.3 Å². The average molecular weight is 284 g/mol. The van der Waals surface area contributed by atoms with Crippen LogP contribution >= 0.6 is 0 Å². The maximum atomic E-state index is 12.3. The van der Waals surface area contributed by atoms with Crippen molar-refractivity contribution in [3.05, 3.63) is 53.3 Å². The summed E-state index contributed by atoms with van der Waals surface area (Å²) >= 11 is 0. The lowest BCUT2D eigenvalue weighted by Gasteiger charge is -2.06. The van der Waals surface area contributed by atoms with Crippen LogP contribution in [0, 0.1) is 0 Å². The van der Waals surface area contributed by atoms with Crippen LogP contribution < -0.4 is 11.4 Å². The first-order valence-corrected chi connectivity index (χ1v) is 6.68. The van der Waals surface area contributed by atoms with E-state index in [1.165, 1.54) is 0 Å². The third-order valence-electron chi connectivity index (χ3n) is 3.39. The van der Waals surface area contributed by atoms with Crippen molar-refractivity contribution < 1.29 is 4.52 Å². The van der Waals surface area contributed by atoms with Gasteiger partial charge in [-0.05, 0) is 31.5 Å². The first kappa shape index (κ1) is 13.2. The number of hydrogen-bond donors (Lipinski definition) is 1. The summed E-state index contributed by atoms with van der Waals surface area (Å²) in [6, 6.07) is 7.65. The Morgan fingerprint density at radius 3 is 2.71 bits per heavy atom. The molecule has 0 aliphatic heterocycles. The molecule has 3 rings (SSSR count). The summed E-state index contributed by atoms with van der Waals surface area (Å²) in [5.74, 6) is 0.263. The first-order valence-electron chi connectivity index (χ1n) is 6.68. The maximum Gasteiger partial charge on any atom is 0.332 e. The molecule has 108 valence electrons. The summed E-state index contributed by atoms with van der Waals surface area (Å²) in [6.45, 7) is 3.94. The summed E-state index contributed by atoms with van der Waals surface area (Å²) in [4.78, 5) is 12.3. The van der Waals surface area contributed by atoms with Gasteiger partial charge in [0.25, 0.3) is 0 Å². The number of rotatable bonds is 3. The van der Waals surface area contributed by atoms with Gasteiger partial charge in [0.2, 0.25) is 5.88 Å². The second-order valence-electron chi connectivity index (χ2n) is 5.11. The van der Waals surface area contributed by atoms with Gasteiger partial charge in [0, 0.05) is 18.4 Å². The third kappa shape index (κ3) is 2.24. The van der Waals surface area contributed by atoms with E-state index in [-0.39, 0.29) is 17.6 Å². The molecule has 0 spiro atoms. The number of aromatic nitrogens is 3. The lowest BCUT2D eigenvalue weighted by atomic mass is 10.1. The molecule has 0 unspecified atom stereocenters. The van der Waals surface area contributed by atoms with Gasteiger partial charge in [0.1, 0.15) is 0 Å². The van der Waals surface area contributed by atoms with Crippen LogP contribution in [0.5, 0.6) is 0 Å². The number of nitrogen functional groups attached to an aromatic ring is 1. The van der Waals surface area contributed by atoms with Crippen LogP contribution in [0.4, 0.5) is 5.88 Å². The van der Waals surface area contributed by atoms with Gasteiger partial charge in [0.05, 0.1) is 17.4 Å². The molecule has 0 aliphatic carbocycles. The van der Waals surface area contributed by atoms with Crippen molar-refractivity contribution >= 4 is 5.88 Å². The van der Waals surface area contributed by atoms with E-state index in [1.807, 2.05) is 38.1 Å².